The lowest BCUT2D eigenvalue weighted by atomic mass is 10.2. The fraction of sp³-hybridized carbons (Fsp3) is 0.0625. The lowest BCUT2D eigenvalue weighted by Gasteiger charge is -2.08. The number of aromatic nitrogens is 2. The molecule has 0 bridgehead atoms. The molecular formula is C16H12IN3O3. The SMILES string of the molecule is O=C(Cn1[nH]c(=O)c2ccccc2c1=O)Nc1ccc(I)cc1. The van der Waals surface area contributed by atoms with Gasteiger partial charge in [-0.3, -0.25) is 19.5 Å². The molecular weight excluding hydrogens is 409 g/mol. The van der Waals surface area contributed by atoms with Crippen LogP contribution in [0.3, 0.4) is 0 Å². The highest BCUT2D eigenvalue weighted by atomic mass is 127. The number of halogens is 1. The molecule has 0 fully saturated rings. The van der Waals surface area contributed by atoms with Gasteiger partial charge in [-0.25, -0.2) is 4.68 Å². The maximum Gasteiger partial charge on any atom is 0.273 e. The highest BCUT2D eigenvalue weighted by molar-refractivity contribution is 14.1. The minimum Gasteiger partial charge on any atom is -0.324 e. The number of nitrogens with one attached hydrogen (secondary N) is 2. The summed E-state index contributed by atoms with van der Waals surface area (Å²) in [5, 5.41) is 5.72. The van der Waals surface area contributed by atoms with Crippen molar-refractivity contribution in [1.29, 1.82) is 0 Å². The van der Waals surface area contributed by atoms with Gasteiger partial charge < -0.3 is 5.32 Å². The predicted molar refractivity (Wildman–Crippen MR) is 96.6 cm³/mol. The van der Waals surface area contributed by atoms with Crippen molar-refractivity contribution in [1.82, 2.24) is 9.78 Å². The first kappa shape index (κ1) is 15.5. The molecule has 0 spiro atoms. The first-order valence-corrected chi connectivity index (χ1v) is 7.90. The van der Waals surface area contributed by atoms with E-state index in [1.54, 1.807) is 36.4 Å². The van der Waals surface area contributed by atoms with Crippen LogP contribution in [0.5, 0.6) is 0 Å². The molecule has 3 rings (SSSR count). The average Bonchev–Trinajstić information content (AvgIpc) is 2.54. The van der Waals surface area contributed by atoms with Crippen molar-refractivity contribution >= 4 is 45.0 Å². The number of hydrogen-bond donors (Lipinski definition) is 2. The quantitative estimate of drug-likeness (QED) is 0.635. The number of nitrogens with zero attached hydrogens (tertiary/aromatic N) is 1. The van der Waals surface area contributed by atoms with Crippen molar-refractivity contribution in [2.75, 3.05) is 5.32 Å². The van der Waals surface area contributed by atoms with Gasteiger partial charge in [0.15, 0.2) is 0 Å². The third kappa shape index (κ3) is 3.34. The Bertz CT molecular complexity index is 990. The highest BCUT2D eigenvalue weighted by Gasteiger charge is 2.10. The van der Waals surface area contributed by atoms with Crippen LogP contribution < -0.4 is 16.4 Å². The van der Waals surface area contributed by atoms with Crippen LogP contribution in [-0.4, -0.2) is 15.7 Å². The first-order chi connectivity index (χ1) is 11.0. The van der Waals surface area contributed by atoms with Crippen molar-refractivity contribution < 1.29 is 4.79 Å². The molecule has 1 amide bonds. The molecule has 0 saturated carbocycles. The summed E-state index contributed by atoms with van der Waals surface area (Å²) in [5.74, 6) is -0.390. The van der Waals surface area contributed by atoms with Gasteiger partial charge in [0.05, 0.1) is 10.8 Å². The molecule has 2 aromatic carbocycles. The molecule has 7 heteroatoms. The van der Waals surface area contributed by atoms with E-state index in [1.165, 1.54) is 0 Å². The maximum atomic E-state index is 12.3. The Balaban J connectivity index is 1.88. The van der Waals surface area contributed by atoms with Crippen molar-refractivity contribution in [3.05, 3.63) is 72.8 Å². The second-order valence-corrected chi connectivity index (χ2v) is 6.18. The van der Waals surface area contributed by atoms with E-state index in [2.05, 4.69) is 33.0 Å². The number of hydrogen-bond acceptors (Lipinski definition) is 3. The van der Waals surface area contributed by atoms with Crippen molar-refractivity contribution in [2.24, 2.45) is 0 Å². The lowest BCUT2D eigenvalue weighted by molar-refractivity contribution is -0.117. The van der Waals surface area contributed by atoms with Crippen molar-refractivity contribution in [2.45, 2.75) is 6.54 Å². The zero-order valence-corrected chi connectivity index (χ0v) is 14.0. The van der Waals surface area contributed by atoms with Crippen molar-refractivity contribution in [3.8, 4) is 0 Å². The smallest absolute Gasteiger partial charge is 0.273 e. The molecule has 0 aliphatic heterocycles. The summed E-state index contributed by atoms with van der Waals surface area (Å²) in [6, 6.07) is 13.8. The summed E-state index contributed by atoms with van der Waals surface area (Å²) < 4.78 is 2.07. The van der Waals surface area contributed by atoms with Crippen LogP contribution in [0.15, 0.2) is 58.1 Å². The van der Waals surface area contributed by atoms with E-state index in [0.717, 1.165) is 8.25 Å². The third-order valence-corrected chi connectivity index (χ3v) is 4.03. The van der Waals surface area contributed by atoms with E-state index >= 15 is 0 Å². The zero-order valence-electron chi connectivity index (χ0n) is 11.9. The molecule has 0 radical (unpaired) electrons. The van der Waals surface area contributed by atoms with Gasteiger partial charge in [-0.2, -0.15) is 0 Å². The van der Waals surface area contributed by atoms with Crippen LogP contribution in [0.1, 0.15) is 0 Å². The molecule has 6 nitrogen and oxygen atoms in total. The van der Waals surface area contributed by atoms with Gasteiger partial charge in [0.2, 0.25) is 5.91 Å². The monoisotopic (exact) mass is 421 g/mol. The summed E-state index contributed by atoms with van der Waals surface area (Å²) in [4.78, 5) is 36.4. The fourth-order valence-corrected chi connectivity index (χ4v) is 2.59. The number of aromatic amines is 1. The van der Waals surface area contributed by atoms with E-state index < -0.39 is 11.1 Å². The number of anilines is 1. The predicted octanol–water partition coefficient (Wildman–Crippen LogP) is 1.93. The molecule has 116 valence electrons. The van der Waals surface area contributed by atoms with E-state index in [4.69, 9.17) is 0 Å². The molecule has 0 atom stereocenters. The van der Waals surface area contributed by atoms with Gasteiger partial charge in [0.1, 0.15) is 6.54 Å². The number of rotatable bonds is 3. The standard InChI is InChI=1S/C16H12IN3O3/c17-10-5-7-11(8-6-10)18-14(21)9-20-16(23)13-4-2-1-3-12(13)15(22)19-20/h1-8H,9H2,(H,18,21)(H,19,22). The molecule has 0 saturated heterocycles. The van der Waals surface area contributed by atoms with Crippen LogP contribution in [0.2, 0.25) is 0 Å². The normalized spacial score (nSPS) is 10.7. The van der Waals surface area contributed by atoms with E-state index in [0.29, 0.717) is 16.5 Å². The summed E-state index contributed by atoms with van der Waals surface area (Å²) in [6.07, 6.45) is 0. The van der Waals surface area contributed by atoms with Gasteiger partial charge >= 0.3 is 0 Å². The Morgan fingerprint density at radius 3 is 2.39 bits per heavy atom. The first-order valence-electron chi connectivity index (χ1n) is 6.82. The number of amides is 1. The number of fused-ring (bicyclic) bond motifs is 1. The second-order valence-electron chi connectivity index (χ2n) is 4.93. The summed E-state index contributed by atoms with van der Waals surface area (Å²) in [6.45, 7) is -0.259. The van der Waals surface area contributed by atoms with Gasteiger partial charge in [-0.05, 0) is 59.0 Å². The van der Waals surface area contributed by atoms with Crippen LogP contribution in [0, 0.1) is 3.57 Å². The fourth-order valence-electron chi connectivity index (χ4n) is 2.24. The van der Waals surface area contributed by atoms with Crippen LogP contribution >= 0.6 is 22.6 Å². The minimum atomic E-state index is -0.405. The van der Waals surface area contributed by atoms with Crippen LogP contribution in [-0.2, 0) is 11.3 Å². The molecule has 23 heavy (non-hydrogen) atoms. The van der Waals surface area contributed by atoms with Gasteiger partial charge in [-0.15, -0.1) is 0 Å². The number of benzene rings is 2. The molecule has 3 aromatic rings. The molecule has 1 heterocycles. The largest absolute Gasteiger partial charge is 0.324 e. The summed E-state index contributed by atoms with van der Waals surface area (Å²) >= 11 is 2.17. The lowest BCUT2D eigenvalue weighted by Crippen LogP contribution is -2.34. The number of carbonyl (C=O) groups is 1. The average molecular weight is 421 g/mol. The Kier molecular flexibility index (Phi) is 4.28. The second kappa shape index (κ2) is 6.37. The molecule has 0 aliphatic rings. The summed E-state index contributed by atoms with van der Waals surface area (Å²) in [5.41, 5.74) is -0.174. The molecule has 2 N–H and O–H groups in total. The Hall–Kier alpha value is -2.42. The zero-order chi connectivity index (χ0) is 16.4. The molecule has 0 aliphatic carbocycles. The highest BCUT2D eigenvalue weighted by Crippen LogP contribution is 2.11. The van der Waals surface area contributed by atoms with Crippen LogP contribution in [0.4, 0.5) is 5.69 Å². The minimum absolute atomic E-state index is 0.259. The van der Waals surface area contributed by atoms with Crippen LogP contribution in [0.25, 0.3) is 10.8 Å². The summed E-state index contributed by atoms with van der Waals surface area (Å²) in [7, 11) is 0. The van der Waals surface area contributed by atoms with Gasteiger partial charge in [-0.1, -0.05) is 12.1 Å². The van der Waals surface area contributed by atoms with E-state index in [-0.39, 0.29) is 12.5 Å². The molecule has 0 unspecified atom stereocenters. The maximum absolute atomic E-state index is 12.3. The molecule has 1 aromatic heterocycles. The van der Waals surface area contributed by atoms with E-state index in [9.17, 15) is 14.4 Å². The van der Waals surface area contributed by atoms with Gasteiger partial charge in [0, 0.05) is 9.26 Å². The third-order valence-electron chi connectivity index (χ3n) is 3.31. The Morgan fingerprint density at radius 1 is 1.04 bits per heavy atom. The van der Waals surface area contributed by atoms with Gasteiger partial charge in [0.25, 0.3) is 11.1 Å². The number of H-pyrrole nitrogens is 1. The Morgan fingerprint density at radius 2 is 1.70 bits per heavy atom. The van der Waals surface area contributed by atoms with Crippen molar-refractivity contribution in [3.63, 3.8) is 0 Å². The Labute approximate surface area is 144 Å². The topological polar surface area (TPSA) is 84.0 Å². The van der Waals surface area contributed by atoms with E-state index in [1.807, 2.05) is 12.1 Å². The number of carbonyl (C=O) groups excluding carboxylic acids is 1.